The fraction of sp³-hybridized carbons (Fsp3) is 0.375. The van der Waals surface area contributed by atoms with Crippen molar-refractivity contribution in [2.45, 2.75) is 40.4 Å². The van der Waals surface area contributed by atoms with Crippen LogP contribution in [-0.4, -0.2) is 9.49 Å². The third-order valence-corrected chi connectivity index (χ3v) is 3.81. The topological polar surface area (TPSA) is 60.1 Å². The summed E-state index contributed by atoms with van der Waals surface area (Å²) >= 11 is 0. The molecule has 2 aromatic rings. The molecule has 1 heterocycles. The predicted molar refractivity (Wildman–Crippen MR) is 83.2 cm³/mol. The molecule has 0 aliphatic heterocycles. The van der Waals surface area contributed by atoms with Crippen LogP contribution in [-0.2, 0) is 19.6 Å². The van der Waals surface area contributed by atoms with Crippen LogP contribution >= 0.6 is 0 Å². The molecule has 2 rings (SSSR count). The van der Waals surface area contributed by atoms with Gasteiger partial charge in [-0.25, -0.2) is 0 Å². The number of nitro groups is 1. The average Bonchev–Trinajstić information content (AvgIpc) is 2.73. The van der Waals surface area contributed by atoms with Gasteiger partial charge in [-0.2, -0.15) is 0 Å². The number of nitrogens with zero attached hydrogens (tertiary/aromatic N) is 2. The van der Waals surface area contributed by atoms with Crippen molar-refractivity contribution >= 4 is 5.69 Å². The minimum Gasteiger partial charge on any atom is -0.349 e. The van der Waals surface area contributed by atoms with Crippen molar-refractivity contribution in [1.82, 2.24) is 9.88 Å². The molecule has 0 aliphatic rings. The summed E-state index contributed by atoms with van der Waals surface area (Å²) in [6.45, 7) is 8.51. The molecule has 0 radical (unpaired) electrons. The molecular formula is C16H21N3O2. The second kappa shape index (κ2) is 6.54. The Morgan fingerprint density at radius 3 is 2.48 bits per heavy atom. The summed E-state index contributed by atoms with van der Waals surface area (Å²) in [5.41, 5.74) is 4.63. The van der Waals surface area contributed by atoms with E-state index in [0.717, 1.165) is 6.54 Å². The normalized spacial score (nSPS) is 10.8. The maximum Gasteiger partial charge on any atom is 0.273 e. The minimum absolute atomic E-state index is 0.170. The van der Waals surface area contributed by atoms with Gasteiger partial charge in [-0.3, -0.25) is 10.1 Å². The molecule has 0 spiro atoms. The Morgan fingerprint density at radius 1 is 1.19 bits per heavy atom. The second-order valence-electron chi connectivity index (χ2n) is 5.13. The molecule has 0 fully saturated rings. The molecule has 0 amide bonds. The van der Waals surface area contributed by atoms with Gasteiger partial charge >= 0.3 is 0 Å². The molecule has 5 nitrogen and oxygen atoms in total. The lowest BCUT2D eigenvalue weighted by atomic mass is 10.1. The Bertz CT molecular complexity index is 647. The number of benzene rings is 1. The van der Waals surface area contributed by atoms with Crippen molar-refractivity contribution in [2.24, 2.45) is 0 Å². The summed E-state index contributed by atoms with van der Waals surface area (Å²) < 4.78 is 2.27. The fourth-order valence-electron chi connectivity index (χ4n) is 2.71. The number of aryl methyl sites for hydroxylation is 1. The standard InChI is InChI=1S/C16H21N3O2/c1-4-18-12(2)9-15(13(18)3)11-17-10-14-7-5-6-8-16(14)19(20)21/h5-9,17H,4,10-11H2,1-3H3. The van der Waals surface area contributed by atoms with E-state index >= 15 is 0 Å². The van der Waals surface area contributed by atoms with Crippen LogP contribution in [0.5, 0.6) is 0 Å². The first-order chi connectivity index (χ1) is 10.0. The van der Waals surface area contributed by atoms with Gasteiger partial charge in [-0.1, -0.05) is 18.2 Å². The number of aromatic nitrogens is 1. The van der Waals surface area contributed by atoms with Crippen LogP contribution in [0.25, 0.3) is 0 Å². The Kier molecular flexibility index (Phi) is 4.75. The van der Waals surface area contributed by atoms with Gasteiger partial charge in [0.2, 0.25) is 0 Å². The lowest BCUT2D eigenvalue weighted by molar-refractivity contribution is -0.385. The fourth-order valence-corrected chi connectivity index (χ4v) is 2.71. The van der Waals surface area contributed by atoms with Gasteiger partial charge in [0, 0.05) is 42.7 Å². The Hall–Kier alpha value is -2.14. The van der Waals surface area contributed by atoms with Crippen LogP contribution in [0.4, 0.5) is 5.69 Å². The molecule has 1 aromatic carbocycles. The number of para-hydroxylation sites is 1. The molecule has 0 bridgehead atoms. The number of nitrogens with one attached hydrogen (secondary N) is 1. The highest BCUT2D eigenvalue weighted by atomic mass is 16.6. The van der Waals surface area contributed by atoms with E-state index < -0.39 is 0 Å². The van der Waals surface area contributed by atoms with Gasteiger partial charge in [0.05, 0.1) is 4.92 Å². The van der Waals surface area contributed by atoms with Crippen LogP contribution < -0.4 is 5.32 Å². The molecule has 1 N–H and O–H groups in total. The predicted octanol–water partition coefficient (Wildman–Crippen LogP) is 3.32. The number of hydrogen-bond acceptors (Lipinski definition) is 3. The molecule has 0 aliphatic carbocycles. The molecule has 0 saturated heterocycles. The maximum absolute atomic E-state index is 11.0. The van der Waals surface area contributed by atoms with Gasteiger partial charge < -0.3 is 9.88 Å². The highest BCUT2D eigenvalue weighted by Crippen LogP contribution is 2.18. The van der Waals surface area contributed by atoms with E-state index in [1.54, 1.807) is 18.2 Å². The summed E-state index contributed by atoms with van der Waals surface area (Å²) in [6, 6.07) is 9.02. The number of rotatable bonds is 6. The number of nitro benzene ring substituents is 1. The van der Waals surface area contributed by atoms with Crippen molar-refractivity contribution in [3.63, 3.8) is 0 Å². The van der Waals surface area contributed by atoms with E-state index in [1.165, 1.54) is 17.0 Å². The van der Waals surface area contributed by atoms with E-state index in [4.69, 9.17) is 0 Å². The van der Waals surface area contributed by atoms with Crippen LogP contribution in [0.3, 0.4) is 0 Å². The monoisotopic (exact) mass is 287 g/mol. The Labute approximate surface area is 124 Å². The summed E-state index contributed by atoms with van der Waals surface area (Å²) in [5.74, 6) is 0. The van der Waals surface area contributed by atoms with Crippen LogP contribution in [0.2, 0.25) is 0 Å². The van der Waals surface area contributed by atoms with Crippen LogP contribution in [0.15, 0.2) is 30.3 Å². The Morgan fingerprint density at radius 2 is 1.86 bits per heavy atom. The van der Waals surface area contributed by atoms with Crippen molar-refractivity contribution in [3.05, 3.63) is 63.0 Å². The van der Waals surface area contributed by atoms with Gasteiger partial charge in [0.25, 0.3) is 5.69 Å². The smallest absolute Gasteiger partial charge is 0.273 e. The lowest BCUT2D eigenvalue weighted by Gasteiger charge is -2.07. The highest BCUT2D eigenvalue weighted by Gasteiger charge is 2.12. The summed E-state index contributed by atoms with van der Waals surface area (Å²) in [7, 11) is 0. The zero-order valence-corrected chi connectivity index (χ0v) is 12.7. The van der Waals surface area contributed by atoms with E-state index in [2.05, 4.69) is 36.7 Å². The van der Waals surface area contributed by atoms with Crippen LogP contribution in [0.1, 0.15) is 29.4 Å². The Balaban J connectivity index is 2.04. The first-order valence-corrected chi connectivity index (χ1v) is 7.13. The molecule has 1 aromatic heterocycles. The van der Waals surface area contributed by atoms with Crippen molar-refractivity contribution in [3.8, 4) is 0 Å². The zero-order valence-electron chi connectivity index (χ0n) is 12.7. The summed E-state index contributed by atoms with van der Waals surface area (Å²) in [6.07, 6.45) is 0. The first-order valence-electron chi connectivity index (χ1n) is 7.13. The molecule has 5 heteroatoms. The molecule has 0 saturated carbocycles. The average molecular weight is 287 g/mol. The second-order valence-corrected chi connectivity index (χ2v) is 5.13. The largest absolute Gasteiger partial charge is 0.349 e. The molecule has 0 unspecified atom stereocenters. The zero-order chi connectivity index (χ0) is 15.4. The van der Waals surface area contributed by atoms with E-state index in [9.17, 15) is 10.1 Å². The van der Waals surface area contributed by atoms with E-state index in [1.807, 2.05) is 6.07 Å². The lowest BCUT2D eigenvalue weighted by Crippen LogP contribution is -2.14. The summed E-state index contributed by atoms with van der Waals surface area (Å²) in [4.78, 5) is 10.6. The molecule has 0 atom stereocenters. The van der Waals surface area contributed by atoms with Crippen molar-refractivity contribution in [1.29, 1.82) is 0 Å². The molecule has 21 heavy (non-hydrogen) atoms. The molecular weight excluding hydrogens is 266 g/mol. The van der Waals surface area contributed by atoms with Crippen LogP contribution in [0, 0.1) is 24.0 Å². The van der Waals surface area contributed by atoms with Gasteiger partial charge in [0.15, 0.2) is 0 Å². The quantitative estimate of drug-likeness (QED) is 0.655. The summed E-state index contributed by atoms with van der Waals surface area (Å²) in [5, 5.41) is 14.3. The molecule has 112 valence electrons. The third kappa shape index (κ3) is 3.31. The SMILES string of the molecule is CCn1c(C)cc(CNCc2ccccc2[N+](=O)[O-])c1C. The van der Waals surface area contributed by atoms with Crippen molar-refractivity contribution < 1.29 is 4.92 Å². The first kappa shape index (κ1) is 15.3. The van der Waals surface area contributed by atoms with Crippen molar-refractivity contribution in [2.75, 3.05) is 0 Å². The van der Waals surface area contributed by atoms with E-state index in [-0.39, 0.29) is 10.6 Å². The van der Waals surface area contributed by atoms with Gasteiger partial charge in [0.1, 0.15) is 0 Å². The van der Waals surface area contributed by atoms with Gasteiger partial charge in [-0.15, -0.1) is 0 Å². The van der Waals surface area contributed by atoms with Gasteiger partial charge in [-0.05, 0) is 32.4 Å². The van der Waals surface area contributed by atoms with E-state index in [0.29, 0.717) is 18.7 Å². The number of hydrogen-bond donors (Lipinski definition) is 1. The minimum atomic E-state index is -0.333. The third-order valence-electron chi connectivity index (χ3n) is 3.81. The highest BCUT2D eigenvalue weighted by molar-refractivity contribution is 5.39. The maximum atomic E-state index is 11.0.